The average molecular weight is 393 g/mol. The van der Waals surface area contributed by atoms with Crippen molar-refractivity contribution >= 4 is 44.6 Å². The number of carbonyl (C=O) groups excluding carboxylic acids is 2. The van der Waals surface area contributed by atoms with Crippen LogP contribution in [-0.4, -0.2) is 16.7 Å². The van der Waals surface area contributed by atoms with Crippen LogP contribution in [0.5, 0.6) is 0 Å². The number of benzene rings is 1. The Kier molecular flexibility index (Phi) is 4.64. The summed E-state index contributed by atoms with van der Waals surface area (Å²) >= 11 is 0.791. The minimum absolute atomic E-state index is 0.0439. The van der Waals surface area contributed by atoms with Gasteiger partial charge < -0.3 is 11.1 Å². The molecule has 0 atom stereocenters. The van der Waals surface area contributed by atoms with Gasteiger partial charge in [0.2, 0.25) is 0 Å². The lowest BCUT2D eigenvalue weighted by atomic mass is 10.1. The van der Waals surface area contributed by atoms with Crippen molar-refractivity contribution in [2.24, 2.45) is 0 Å². The third kappa shape index (κ3) is 3.63. The number of ketones is 1. The zero-order valence-electron chi connectivity index (χ0n) is 14.3. The number of nitrogen functional groups attached to an aromatic ring is 1. The first-order valence-corrected chi connectivity index (χ1v) is 8.58. The number of pyridine rings is 1. The van der Waals surface area contributed by atoms with Gasteiger partial charge in [-0.05, 0) is 37.6 Å². The smallest absolute Gasteiger partial charge is 0.397 e. The first kappa shape index (κ1) is 18.8. The summed E-state index contributed by atoms with van der Waals surface area (Å²) in [6, 6.07) is 7.23. The molecule has 140 valence electrons. The molecule has 2 aromatic heterocycles. The molecule has 0 bridgehead atoms. The number of hydrogen-bond donors (Lipinski definition) is 2. The number of fused-ring (bicyclic) bond motifs is 1. The Labute approximate surface area is 156 Å². The molecule has 3 rings (SSSR count). The van der Waals surface area contributed by atoms with Gasteiger partial charge in [-0.2, -0.15) is 13.2 Å². The number of nitrogens with zero attached hydrogens (tertiary/aromatic N) is 1. The predicted molar refractivity (Wildman–Crippen MR) is 98.2 cm³/mol. The molecule has 0 aliphatic heterocycles. The topological polar surface area (TPSA) is 85.1 Å². The molecule has 27 heavy (non-hydrogen) atoms. The van der Waals surface area contributed by atoms with Crippen LogP contribution in [0.25, 0.3) is 10.2 Å². The van der Waals surface area contributed by atoms with Crippen LogP contribution in [0.3, 0.4) is 0 Å². The quantitative estimate of drug-likeness (QED) is 0.634. The Morgan fingerprint density at radius 2 is 1.93 bits per heavy atom. The fourth-order valence-electron chi connectivity index (χ4n) is 2.63. The third-order valence-corrected chi connectivity index (χ3v) is 5.02. The number of carbonyl (C=O) groups is 2. The van der Waals surface area contributed by atoms with E-state index in [9.17, 15) is 22.8 Å². The molecule has 3 aromatic rings. The normalized spacial score (nSPS) is 11.6. The summed E-state index contributed by atoms with van der Waals surface area (Å²) in [6.45, 7) is 2.89. The van der Waals surface area contributed by atoms with Crippen molar-refractivity contribution in [3.05, 3.63) is 52.0 Å². The van der Waals surface area contributed by atoms with E-state index in [-0.39, 0.29) is 21.2 Å². The Balaban J connectivity index is 2.00. The van der Waals surface area contributed by atoms with Crippen LogP contribution in [0.1, 0.15) is 38.2 Å². The standard InChI is InChI=1S/C18H14F3N3O2S/c1-8-6-12(18(19,20)21)24-17-13(8)14(22)15(27-17)16(26)23-11-5-3-4-10(7-11)9(2)25/h3-7H,22H2,1-2H3,(H,23,26). The Morgan fingerprint density at radius 3 is 2.56 bits per heavy atom. The number of halogens is 3. The zero-order chi connectivity index (χ0) is 19.9. The van der Waals surface area contributed by atoms with Crippen LogP contribution in [0.2, 0.25) is 0 Å². The number of hydrogen-bond acceptors (Lipinski definition) is 5. The lowest BCUT2D eigenvalue weighted by molar-refractivity contribution is -0.141. The molecule has 0 aliphatic carbocycles. The number of nitrogens with one attached hydrogen (secondary N) is 1. The molecular formula is C18H14F3N3O2S. The number of Topliss-reactive ketones (excluding diaryl/α,β-unsaturated/α-hetero) is 1. The number of thiophene rings is 1. The molecular weight excluding hydrogens is 379 g/mol. The minimum atomic E-state index is -4.59. The second kappa shape index (κ2) is 6.66. The van der Waals surface area contributed by atoms with E-state index in [2.05, 4.69) is 10.3 Å². The summed E-state index contributed by atoms with van der Waals surface area (Å²) in [5.41, 5.74) is 6.14. The van der Waals surface area contributed by atoms with E-state index in [4.69, 9.17) is 5.73 Å². The number of aryl methyl sites for hydroxylation is 1. The van der Waals surface area contributed by atoms with E-state index in [0.29, 0.717) is 22.2 Å². The fourth-order valence-corrected chi connectivity index (χ4v) is 3.69. The molecule has 0 spiro atoms. The average Bonchev–Trinajstić information content (AvgIpc) is 2.91. The van der Waals surface area contributed by atoms with E-state index >= 15 is 0 Å². The maximum atomic E-state index is 13.0. The van der Waals surface area contributed by atoms with Crippen LogP contribution >= 0.6 is 11.3 Å². The minimum Gasteiger partial charge on any atom is -0.397 e. The van der Waals surface area contributed by atoms with Gasteiger partial charge in [0.05, 0.1) is 5.69 Å². The van der Waals surface area contributed by atoms with Gasteiger partial charge in [-0.15, -0.1) is 11.3 Å². The van der Waals surface area contributed by atoms with Gasteiger partial charge in [0.1, 0.15) is 15.4 Å². The first-order valence-electron chi connectivity index (χ1n) is 7.77. The van der Waals surface area contributed by atoms with Gasteiger partial charge in [-0.25, -0.2) is 4.98 Å². The SMILES string of the molecule is CC(=O)c1cccc(NC(=O)c2sc3nc(C(F)(F)F)cc(C)c3c2N)c1. The summed E-state index contributed by atoms with van der Waals surface area (Å²) < 4.78 is 38.9. The zero-order valence-corrected chi connectivity index (χ0v) is 15.1. The highest BCUT2D eigenvalue weighted by atomic mass is 32.1. The number of nitrogens with two attached hydrogens (primary N) is 1. The Morgan fingerprint density at radius 1 is 1.22 bits per heavy atom. The van der Waals surface area contributed by atoms with Crippen molar-refractivity contribution < 1.29 is 22.8 Å². The molecule has 0 saturated carbocycles. The number of anilines is 2. The molecule has 2 heterocycles. The molecule has 0 unspecified atom stereocenters. The van der Waals surface area contributed by atoms with E-state index in [1.54, 1.807) is 18.2 Å². The maximum absolute atomic E-state index is 13.0. The summed E-state index contributed by atoms with van der Waals surface area (Å²) in [4.78, 5) is 27.7. The van der Waals surface area contributed by atoms with Crippen LogP contribution in [0.4, 0.5) is 24.5 Å². The highest BCUT2D eigenvalue weighted by Crippen LogP contribution is 2.38. The molecule has 9 heteroatoms. The second-order valence-electron chi connectivity index (χ2n) is 5.94. The number of aromatic nitrogens is 1. The molecule has 5 nitrogen and oxygen atoms in total. The van der Waals surface area contributed by atoms with Gasteiger partial charge in [0, 0.05) is 16.6 Å². The van der Waals surface area contributed by atoms with Gasteiger partial charge in [0.15, 0.2) is 5.78 Å². The molecule has 1 aromatic carbocycles. The summed E-state index contributed by atoms with van der Waals surface area (Å²) in [7, 11) is 0. The Hall–Kier alpha value is -2.94. The maximum Gasteiger partial charge on any atom is 0.433 e. The number of rotatable bonds is 3. The van der Waals surface area contributed by atoms with Gasteiger partial charge in [-0.1, -0.05) is 12.1 Å². The van der Waals surface area contributed by atoms with Crippen molar-refractivity contribution in [1.29, 1.82) is 0 Å². The van der Waals surface area contributed by atoms with Crippen molar-refractivity contribution in [1.82, 2.24) is 4.98 Å². The van der Waals surface area contributed by atoms with Crippen molar-refractivity contribution in [2.75, 3.05) is 11.1 Å². The van der Waals surface area contributed by atoms with Crippen molar-refractivity contribution in [3.8, 4) is 0 Å². The van der Waals surface area contributed by atoms with Gasteiger partial charge in [0.25, 0.3) is 5.91 Å². The largest absolute Gasteiger partial charge is 0.433 e. The van der Waals surface area contributed by atoms with Crippen LogP contribution < -0.4 is 11.1 Å². The van der Waals surface area contributed by atoms with Crippen molar-refractivity contribution in [2.45, 2.75) is 20.0 Å². The molecule has 3 N–H and O–H groups in total. The van der Waals surface area contributed by atoms with E-state index in [0.717, 1.165) is 17.4 Å². The van der Waals surface area contributed by atoms with E-state index in [1.165, 1.54) is 19.9 Å². The van der Waals surface area contributed by atoms with Crippen molar-refractivity contribution in [3.63, 3.8) is 0 Å². The van der Waals surface area contributed by atoms with Crippen LogP contribution in [0, 0.1) is 6.92 Å². The molecule has 1 amide bonds. The highest BCUT2D eigenvalue weighted by molar-refractivity contribution is 7.21. The summed E-state index contributed by atoms with van der Waals surface area (Å²) in [5.74, 6) is -0.740. The lowest BCUT2D eigenvalue weighted by Crippen LogP contribution is -2.12. The lowest BCUT2D eigenvalue weighted by Gasteiger charge is -2.07. The van der Waals surface area contributed by atoms with E-state index in [1.807, 2.05) is 0 Å². The number of amides is 1. The molecule has 0 aliphatic rings. The second-order valence-corrected chi connectivity index (χ2v) is 6.94. The fraction of sp³-hybridized carbons (Fsp3) is 0.167. The van der Waals surface area contributed by atoms with Gasteiger partial charge >= 0.3 is 6.18 Å². The molecule has 0 radical (unpaired) electrons. The first-order chi connectivity index (χ1) is 12.6. The van der Waals surface area contributed by atoms with E-state index < -0.39 is 17.8 Å². The number of alkyl halides is 3. The third-order valence-electron chi connectivity index (χ3n) is 3.92. The van der Waals surface area contributed by atoms with Crippen LogP contribution in [0.15, 0.2) is 30.3 Å². The van der Waals surface area contributed by atoms with Gasteiger partial charge in [-0.3, -0.25) is 9.59 Å². The summed E-state index contributed by atoms with van der Waals surface area (Å²) in [6.07, 6.45) is -4.59. The predicted octanol–water partition coefficient (Wildman–Crippen LogP) is 4.66. The highest BCUT2D eigenvalue weighted by Gasteiger charge is 2.34. The Bertz CT molecular complexity index is 1070. The monoisotopic (exact) mass is 393 g/mol. The summed E-state index contributed by atoms with van der Waals surface area (Å²) in [5, 5.41) is 2.94. The molecule has 0 fully saturated rings. The molecule has 0 saturated heterocycles. The van der Waals surface area contributed by atoms with Crippen LogP contribution in [-0.2, 0) is 6.18 Å².